The van der Waals surface area contributed by atoms with Crippen molar-refractivity contribution in [1.29, 1.82) is 0 Å². The van der Waals surface area contributed by atoms with Crippen molar-refractivity contribution in [2.45, 2.75) is 38.6 Å². The van der Waals surface area contributed by atoms with Gasteiger partial charge in [-0.05, 0) is 25.8 Å². The van der Waals surface area contributed by atoms with Gasteiger partial charge in [0.25, 0.3) is 0 Å². The molecule has 0 bridgehead atoms. The lowest BCUT2D eigenvalue weighted by atomic mass is 10.00. The van der Waals surface area contributed by atoms with Crippen molar-refractivity contribution >= 4 is 11.3 Å². The minimum Gasteiger partial charge on any atom is -0.469 e. The minimum atomic E-state index is -0.314. The van der Waals surface area contributed by atoms with E-state index in [1.54, 1.807) is 17.6 Å². The molecule has 0 aliphatic heterocycles. The molecule has 0 saturated carbocycles. The molecule has 1 aliphatic carbocycles. The number of nitrogens with zero attached hydrogens (tertiary/aromatic N) is 1. The first-order valence-corrected chi connectivity index (χ1v) is 6.79. The van der Waals surface area contributed by atoms with Crippen LogP contribution in [0.15, 0.2) is 16.7 Å². The smallest absolute Gasteiger partial charge is 0.113 e. The first-order chi connectivity index (χ1) is 8.12. The second-order valence-electron chi connectivity index (χ2n) is 4.82. The lowest BCUT2D eigenvalue weighted by molar-refractivity contribution is 0.474. The normalized spacial score (nSPS) is 17.4. The molecule has 3 rings (SSSR count). The summed E-state index contributed by atoms with van der Waals surface area (Å²) in [4.78, 5) is 6.09. The number of aromatic nitrogens is 1. The zero-order valence-electron chi connectivity index (χ0n) is 10.1. The Morgan fingerprint density at radius 1 is 1.53 bits per heavy atom. The fraction of sp³-hybridized carbons (Fsp3) is 0.462. The number of rotatable bonds is 2. The SMILES string of the molecule is CCC(C)(N)c1nc2c(s1)CCc1occc1-2. The third-order valence-corrected chi connectivity index (χ3v) is 4.89. The van der Waals surface area contributed by atoms with E-state index in [2.05, 4.69) is 6.92 Å². The number of aryl methyl sites for hydroxylation is 2. The van der Waals surface area contributed by atoms with Crippen LogP contribution < -0.4 is 5.73 Å². The molecule has 1 atom stereocenters. The molecule has 2 aromatic heterocycles. The summed E-state index contributed by atoms with van der Waals surface area (Å²) in [6, 6.07) is 2.01. The molecule has 2 aromatic rings. The van der Waals surface area contributed by atoms with Gasteiger partial charge in [0.15, 0.2) is 0 Å². The van der Waals surface area contributed by atoms with Crippen molar-refractivity contribution in [3.8, 4) is 11.3 Å². The highest BCUT2D eigenvalue weighted by molar-refractivity contribution is 7.12. The topological polar surface area (TPSA) is 52.0 Å². The zero-order valence-corrected chi connectivity index (χ0v) is 10.9. The largest absolute Gasteiger partial charge is 0.469 e. The Bertz CT molecular complexity index is 554. The maximum absolute atomic E-state index is 6.27. The van der Waals surface area contributed by atoms with Gasteiger partial charge in [-0.1, -0.05) is 6.92 Å². The van der Waals surface area contributed by atoms with Gasteiger partial charge in [-0.3, -0.25) is 0 Å². The molecule has 0 amide bonds. The molecule has 0 radical (unpaired) electrons. The van der Waals surface area contributed by atoms with Crippen molar-refractivity contribution in [1.82, 2.24) is 4.98 Å². The fourth-order valence-corrected chi connectivity index (χ4v) is 3.30. The summed E-state index contributed by atoms with van der Waals surface area (Å²) in [6.07, 6.45) is 4.65. The van der Waals surface area contributed by atoms with Crippen LogP contribution in [0, 0.1) is 0 Å². The first kappa shape index (κ1) is 11.0. The van der Waals surface area contributed by atoms with E-state index in [0.717, 1.165) is 41.3 Å². The molecule has 2 heterocycles. The van der Waals surface area contributed by atoms with E-state index in [4.69, 9.17) is 15.1 Å². The van der Waals surface area contributed by atoms with Gasteiger partial charge in [-0.15, -0.1) is 11.3 Å². The number of nitrogens with two attached hydrogens (primary N) is 1. The van der Waals surface area contributed by atoms with Crippen molar-refractivity contribution in [2.24, 2.45) is 5.73 Å². The summed E-state index contributed by atoms with van der Waals surface area (Å²) in [5.41, 5.74) is 8.20. The minimum absolute atomic E-state index is 0.314. The second-order valence-corrected chi connectivity index (χ2v) is 5.90. The Hall–Kier alpha value is -1.13. The summed E-state index contributed by atoms with van der Waals surface area (Å²) < 4.78 is 5.47. The van der Waals surface area contributed by atoms with Crippen LogP contribution in [0.2, 0.25) is 0 Å². The van der Waals surface area contributed by atoms with E-state index in [0.29, 0.717) is 0 Å². The Labute approximate surface area is 105 Å². The summed E-state index contributed by atoms with van der Waals surface area (Å²) in [7, 11) is 0. The third-order valence-electron chi connectivity index (χ3n) is 3.50. The predicted octanol–water partition coefficient (Wildman–Crippen LogP) is 3.09. The van der Waals surface area contributed by atoms with E-state index < -0.39 is 0 Å². The monoisotopic (exact) mass is 248 g/mol. The van der Waals surface area contributed by atoms with E-state index >= 15 is 0 Å². The molecular formula is C13H16N2OS. The first-order valence-electron chi connectivity index (χ1n) is 5.97. The fourth-order valence-electron chi connectivity index (χ4n) is 2.10. The predicted molar refractivity (Wildman–Crippen MR) is 69.1 cm³/mol. The third kappa shape index (κ3) is 1.63. The summed E-state index contributed by atoms with van der Waals surface area (Å²) >= 11 is 1.76. The van der Waals surface area contributed by atoms with Crippen LogP contribution in [0.3, 0.4) is 0 Å². The van der Waals surface area contributed by atoms with E-state index in [1.165, 1.54) is 4.88 Å². The number of hydrogen-bond acceptors (Lipinski definition) is 4. The standard InChI is InChI=1S/C13H16N2OS/c1-3-13(2,14)12-15-11-8-6-7-16-9(8)4-5-10(11)17-12/h6-7H,3-5,14H2,1-2H3. The van der Waals surface area contributed by atoms with Gasteiger partial charge >= 0.3 is 0 Å². The van der Waals surface area contributed by atoms with Gasteiger partial charge in [0.2, 0.25) is 0 Å². The second kappa shape index (κ2) is 3.68. The maximum Gasteiger partial charge on any atom is 0.113 e. The molecular weight excluding hydrogens is 232 g/mol. The number of furan rings is 1. The average molecular weight is 248 g/mol. The quantitative estimate of drug-likeness (QED) is 0.888. The molecule has 90 valence electrons. The Morgan fingerprint density at radius 3 is 3.12 bits per heavy atom. The van der Waals surface area contributed by atoms with Gasteiger partial charge in [-0.25, -0.2) is 4.98 Å². The number of fused-ring (bicyclic) bond motifs is 3. The van der Waals surface area contributed by atoms with Gasteiger partial charge in [-0.2, -0.15) is 0 Å². The van der Waals surface area contributed by atoms with Crippen molar-refractivity contribution < 1.29 is 4.42 Å². The Morgan fingerprint density at radius 2 is 2.35 bits per heavy atom. The highest BCUT2D eigenvalue weighted by Crippen LogP contribution is 2.39. The van der Waals surface area contributed by atoms with Crippen LogP contribution in [0.1, 0.15) is 35.9 Å². The van der Waals surface area contributed by atoms with Crippen molar-refractivity contribution in [2.75, 3.05) is 0 Å². The lowest BCUT2D eigenvalue weighted by Crippen LogP contribution is -2.31. The van der Waals surface area contributed by atoms with Crippen LogP contribution in [0.4, 0.5) is 0 Å². The molecule has 1 unspecified atom stereocenters. The lowest BCUT2D eigenvalue weighted by Gasteiger charge is -2.18. The van der Waals surface area contributed by atoms with Crippen molar-refractivity contribution in [3.63, 3.8) is 0 Å². The molecule has 0 spiro atoms. The zero-order chi connectivity index (χ0) is 12.0. The van der Waals surface area contributed by atoms with Gasteiger partial charge < -0.3 is 10.2 Å². The molecule has 2 N–H and O–H groups in total. The Balaban J connectivity index is 2.11. The van der Waals surface area contributed by atoms with E-state index in [1.807, 2.05) is 13.0 Å². The summed E-state index contributed by atoms with van der Waals surface area (Å²) in [6.45, 7) is 4.15. The Kier molecular flexibility index (Phi) is 2.38. The van der Waals surface area contributed by atoms with E-state index in [9.17, 15) is 0 Å². The van der Waals surface area contributed by atoms with Gasteiger partial charge in [0.05, 0.1) is 17.5 Å². The summed E-state index contributed by atoms with van der Waals surface area (Å²) in [5.74, 6) is 1.06. The molecule has 0 fully saturated rings. The molecule has 4 heteroatoms. The van der Waals surface area contributed by atoms with Gasteiger partial charge in [0, 0.05) is 16.9 Å². The number of thiazole rings is 1. The average Bonchev–Trinajstić information content (AvgIpc) is 2.94. The molecule has 3 nitrogen and oxygen atoms in total. The molecule has 0 aromatic carbocycles. The molecule has 17 heavy (non-hydrogen) atoms. The molecule has 1 aliphatic rings. The highest BCUT2D eigenvalue weighted by Gasteiger charge is 2.28. The van der Waals surface area contributed by atoms with Gasteiger partial charge in [0.1, 0.15) is 10.8 Å². The molecule has 0 saturated heterocycles. The van der Waals surface area contributed by atoms with Crippen molar-refractivity contribution in [3.05, 3.63) is 28.0 Å². The maximum atomic E-state index is 6.27. The van der Waals surface area contributed by atoms with Crippen LogP contribution in [0.5, 0.6) is 0 Å². The highest BCUT2D eigenvalue weighted by atomic mass is 32.1. The van der Waals surface area contributed by atoms with Crippen LogP contribution >= 0.6 is 11.3 Å². The number of hydrogen-bond donors (Lipinski definition) is 1. The van der Waals surface area contributed by atoms with Crippen LogP contribution in [0.25, 0.3) is 11.3 Å². The van der Waals surface area contributed by atoms with Crippen LogP contribution in [-0.4, -0.2) is 4.98 Å². The van der Waals surface area contributed by atoms with E-state index in [-0.39, 0.29) is 5.54 Å². The summed E-state index contributed by atoms with van der Waals surface area (Å²) in [5, 5.41) is 1.04. The van der Waals surface area contributed by atoms with Crippen LogP contribution in [-0.2, 0) is 18.4 Å².